The SMILES string of the molecule is COc1ncnc(C2CC2)c1-c1ncnc(N(CC#Cc2cccnc2)Cc2ccc(-c3nc(C(F)(F)F)cn3C(C)C)cc2)n1. The lowest BCUT2D eigenvalue weighted by molar-refractivity contribution is -0.140. The fraction of sp³-hybridized carbons (Fsp3) is 0.303. The second-order valence-electron chi connectivity index (χ2n) is 11.1. The Morgan fingerprint density at radius 2 is 1.80 bits per heavy atom. The number of anilines is 1. The van der Waals surface area contributed by atoms with Gasteiger partial charge in [-0.3, -0.25) is 4.98 Å². The third kappa shape index (κ3) is 6.81. The average molecular weight is 626 g/mol. The van der Waals surface area contributed by atoms with Gasteiger partial charge >= 0.3 is 6.18 Å². The van der Waals surface area contributed by atoms with Crippen LogP contribution in [0.5, 0.6) is 5.88 Å². The van der Waals surface area contributed by atoms with Crippen molar-refractivity contribution in [3.8, 4) is 40.5 Å². The highest BCUT2D eigenvalue weighted by Crippen LogP contribution is 2.44. The Labute approximate surface area is 263 Å². The minimum atomic E-state index is -4.54. The zero-order valence-electron chi connectivity index (χ0n) is 25.4. The number of pyridine rings is 1. The molecule has 1 aliphatic carbocycles. The van der Waals surface area contributed by atoms with E-state index in [1.54, 1.807) is 31.6 Å². The second-order valence-corrected chi connectivity index (χ2v) is 11.1. The summed E-state index contributed by atoms with van der Waals surface area (Å²) in [4.78, 5) is 32.5. The van der Waals surface area contributed by atoms with Crippen LogP contribution in [-0.4, -0.2) is 53.1 Å². The van der Waals surface area contributed by atoms with Crippen molar-refractivity contribution < 1.29 is 17.9 Å². The molecule has 5 aromatic rings. The van der Waals surface area contributed by atoms with Gasteiger partial charge in [-0.15, -0.1) is 0 Å². The molecule has 0 saturated heterocycles. The molecule has 0 bridgehead atoms. The maximum atomic E-state index is 13.5. The van der Waals surface area contributed by atoms with E-state index in [2.05, 4.69) is 41.7 Å². The van der Waals surface area contributed by atoms with Crippen molar-refractivity contribution in [2.24, 2.45) is 0 Å². The lowest BCUT2D eigenvalue weighted by Crippen LogP contribution is -2.25. The molecule has 0 atom stereocenters. The summed E-state index contributed by atoms with van der Waals surface area (Å²) >= 11 is 0. The lowest BCUT2D eigenvalue weighted by Gasteiger charge is -2.21. The molecule has 1 aliphatic rings. The Morgan fingerprint density at radius 1 is 1.02 bits per heavy atom. The predicted molar refractivity (Wildman–Crippen MR) is 165 cm³/mol. The van der Waals surface area contributed by atoms with E-state index in [0.29, 0.717) is 41.2 Å². The molecule has 0 spiro atoms. The van der Waals surface area contributed by atoms with Crippen molar-refractivity contribution in [3.63, 3.8) is 0 Å². The fourth-order valence-electron chi connectivity index (χ4n) is 4.96. The summed E-state index contributed by atoms with van der Waals surface area (Å²) in [5.74, 6) is 8.02. The number of hydrogen-bond donors (Lipinski definition) is 0. The number of alkyl halides is 3. The molecular formula is C33H30F3N9O. The van der Waals surface area contributed by atoms with Crippen molar-refractivity contribution in [2.45, 2.75) is 51.4 Å². The van der Waals surface area contributed by atoms with Gasteiger partial charge in [-0.25, -0.2) is 24.9 Å². The first-order valence-electron chi connectivity index (χ1n) is 14.7. The Morgan fingerprint density at radius 3 is 2.48 bits per heavy atom. The minimum absolute atomic E-state index is 0.209. The van der Waals surface area contributed by atoms with Gasteiger partial charge in [0.15, 0.2) is 11.5 Å². The Balaban J connectivity index is 1.33. The Bertz CT molecular complexity index is 1880. The van der Waals surface area contributed by atoms with Crippen molar-refractivity contribution in [1.82, 2.24) is 39.5 Å². The first kappa shape index (κ1) is 30.6. The number of aromatic nitrogens is 8. The summed E-state index contributed by atoms with van der Waals surface area (Å²) in [6.45, 7) is 4.26. The molecule has 0 aliphatic heterocycles. The fourth-order valence-corrected chi connectivity index (χ4v) is 4.96. The molecule has 234 valence electrons. The molecule has 10 nitrogen and oxygen atoms in total. The number of benzene rings is 1. The number of methoxy groups -OCH3 is 1. The molecular weight excluding hydrogens is 595 g/mol. The molecule has 4 aromatic heterocycles. The molecule has 0 amide bonds. The molecule has 46 heavy (non-hydrogen) atoms. The van der Waals surface area contributed by atoms with Gasteiger partial charge in [-0.1, -0.05) is 36.1 Å². The van der Waals surface area contributed by atoms with Crippen LogP contribution in [0.3, 0.4) is 0 Å². The summed E-state index contributed by atoms with van der Waals surface area (Å²) in [7, 11) is 1.55. The molecule has 13 heteroatoms. The zero-order chi connectivity index (χ0) is 32.3. The third-order valence-corrected chi connectivity index (χ3v) is 7.39. The molecule has 0 N–H and O–H groups in total. The molecule has 6 rings (SSSR count). The highest BCUT2D eigenvalue weighted by atomic mass is 19.4. The van der Waals surface area contributed by atoms with Crippen LogP contribution in [0, 0.1) is 11.8 Å². The van der Waals surface area contributed by atoms with Crippen LogP contribution in [0.25, 0.3) is 22.8 Å². The average Bonchev–Trinajstić information content (AvgIpc) is 3.80. The summed E-state index contributed by atoms with van der Waals surface area (Å²) in [6, 6.07) is 10.7. The lowest BCUT2D eigenvalue weighted by atomic mass is 10.1. The predicted octanol–water partition coefficient (Wildman–Crippen LogP) is 6.13. The van der Waals surface area contributed by atoms with Crippen molar-refractivity contribution >= 4 is 5.95 Å². The number of halogens is 3. The van der Waals surface area contributed by atoms with E-state index < -0.39 is 11.9 Å². The topological polar surface area (TPSA) is 108 Å². The van der Waals surface area contributed by atoms with E-state index in [1.807, 2.05) is 43.0 Å². The van der Waals surface area contributed by atoms with Gasteiger partial charge in [-0.05, 0) is 44.4 Å². The van der Waals surface area contributed by atoms with E-state index in [9.17, 15) is 13.2 Å². The monoisotopic (exact) mass is 625 g/mol. The summed E-state index contributed by atoms with van der Waals surface area (Å²) < 4.78 is 47.5. The van der Waals surface area contributed by atoms with Gasteiger partial charge in [-0.2, -0.15) is 18.2 Å². The van der Waals surface area contributed by atoms with Crippen LogP contribution in [0.2, 0.25) is 0 Å². The van der Waals surface area contributed by atoms with E-state index >= 15 is 0 Å². The van der Waals surface area contributed by atoms with Crippen LogP contribution in [0.4, 0.5) is 19.1 Å². The number of hydrogen-bond acceptors (Lipinski definition) is 9. The van der Waals surface area contributed by atoms with E-state index in [0.717, 1.165) is 35.9 Å². The van der Waals surface area contributed by atoms with Crippen LogP contribution in [0.1, 0.15) is 61.2 Å². The Kier molecular flexibility index (Phi) is 8.61. The van der Waals surface area contributed by atoms with Gasteiger partial charge in [0.1, 0.15) is 24.0 Å². The van der Waals surface area contributed by atoms with Gasteiger partial charge in [0.05, 0.1) is 19.3 Å². The van der Waals surface area contributed by atoms with Crippen LogP contribution in [0.15, 0.2) is 67.6 Å². The normalized spacial score (nSPS) is 12.9. The number of rotatable bonds is 9. The maximum absolute atomic E-state index is 13.5. The van der Waals surface area contributed by atoms with Crippen molar-refractivity contribution in [3.05, 3.63) is 90.2 Å². The minimum Gasteiger partial charge on any atom is -0.480 e. The molecule has 4 heterocycles. The van der Waals surface area contributed by atoms with E-state index in [-0.39, 0.29) is 18.4 Å². The maximum Gasteiger partial charge on any atom is 0.434 e. The standard InChI is InChI=1S/C33H30F3N9O/c1-21(2)45-18-26(33(34,35)36)42-30(45)25-10-8-23(9-11-25)17-44(15-5-7-22-6-4-14-37-16-22)32-41-20-39-29(43-32)27-28(24-12-13-24)38-19-40-31(27)46-3/h4,6,8-11,14,16,18-21,24H,12-13,15,17H2,1-3H3. The highest BCUT2D eigenvalue weighted by Gasteiger charge is 2.35. The van der Waals surface area contributed by atoms with Crippen LogP contribution < -0.4 is 9.64 Å². The van der Waals surface area contributed by atoms with Gasteiger partial charge in [0.25, 0.3) is 0 Å². The van der Waals surface area contributed by atoms with E-state index in [4.69, 9.17) is 9.72 Å². The summed E-state index contributed by atoms with van der Waals surface area (Å²) in [5.41, 5.74) is 2.77. The van der Waals surface area contributed by atoms with Gasteiger partial charge in [0, 0.05) is 48.2 Å². The van der Waals surface area contributed by atoms with Crippen LogP contribution >= 0.6 is 0 Å². The van der Waals surface area contributed by atoms with Crippen molar-refractivity contribution in [1.29, 1.82) is 0 Å². The summed E-state index contributed by atoms with van der Waals surface area (Å²) in [5, 5.41) is 0. The van der Waals surface area contributed by atoms with Gasteiger partial charge < -0.3 is 14.2 Å². The number of ether oxygens (including phenoxy) is 1. The Hall–Kier alpha value is -5.38. The molecule has 1 saturated carbocycles. The van der Waals surface area contributed by atoms with Crippen LogP contribution in [-0.2, 0) is 12.7 Å². The van der Waals surface area contributed by atoms with Crippen molar-refractivity contribution in [2.75, 3.05) is 18.6 Å². The molecule has 1 aromatic carbocycles. The highest BCUT2D eigenvalue weighted by molar-refractivity contribution is 5.66. The first-order valence-corrected chi connectivity index (χ1v) is 14.7. The second kappa shape index (κ2) is 12.9. The van der Waals surface area contributed by atoms with Gasteiger partial charge in [0.2, 0.25) is 11.8 Å². The molecule has 1 fully saturated rings. The zero-order valence-corrected chi connectivity index (χ0v) is 25.4. The first-order chi connectivity index (χ1) is 22.2. The number of nitrogens with zero attached hydrogens (tertiary/aromatic N) is 9. The summed E-state index contributed by atoms with van der Waals surface area (Å²) in [6.07, 6.45) is 4.85. The van der Waals surface area contributed by atoms with E-state index in [1.165, 1.54) is 17.2 Å². The third-order valence-electron chi connectivity index (χ3n) is 7.39. The quantitative estimate of drug-likeness (QED) is 0.179. The largest absolute Gasteiger partial charge is 0.480 e. The number of imidazole rings is 1. The molecule has 0 radical (unpaired) electrons. The smallest absolute Gasteiger partial charge is 0.434 e. The molecule has 0 unspecified atom stereocenters.